The van der Waals surface area contributed by atoms with Crippen molar-refractivity contribution in [2.24, 2.45) is 5.92 Å². The number of aryl methyl sites for hydroxylation is 1. The van der Waals surface area contributed by atoms with E-state index in [-0.39, 0.29) is 24.4 Å². The van der Waals surface area contributed by atoms with E-state index < -0.39 is 5.97 Å². The van der Waals surface area contributed by atoms with E-state index in [1.165, 1.54) is 25.9 Å². The number of imidazole rings is 1. The first-order valence-electron chi connectivity index (χ1n) is 9.32. The van der Waals surface area contributed by atoms with Gasteiger partial charge in [0, 0.05) is 37.7 Å². The molecule has 0 saturated carbocycles. The van der Waals surface area contributed by atoms with Gasteiger partial charge in [0.1, 0.15) is 5.82 Å². The van der Waals surface area contributed by atoms with E-state index in [4.69, 9.17) is 0 Å². The van der Waals surface area contributed by atoms with Crippen LogP contribution in [0.4, 0.5) is 0 Å². The Morgan fingerprint density at radius 2 is 2.12 bits per heavy atom. The number of nitrogens with zero attached hydrogens (tertiary/aromatic N) is 3. The van der Waals surface area contributed by atoms with E-state index in [1.807, 2.05) is 6.07 Å². The Labute approximate surface area is 166 Å². The number of carboxylic acid groups (broad SMARTS) is 1. The number of para-hydroxylation sites is 1. The summed E-state index contributed by atoms with van der Waals surface area (Å²) in [4.78, 5) is 18.7. The van der Waals surface area contributed by atoms with Crippen molar-refractivity contribution in [3.8, 4) is 0 Å². The summed E-state index contributed by atoms with van der Waals surface area (Å²) in [6.07, 6.45) is 3.36. The largest absolute Gasteiger partial charge is 1.00 e. The molecule has 0 amide bonds. The van der Waals surface area contributed by atoms with Crippen LogP contribution in [-0.2, 0) is 13.0 Å². The third-order valence-corrected chi connectivity index (χ3v) is 5.78. The quantitative estimate of drug-likeness (QED) is 0.592. The zero-order valence-corrected chi connectivity index (χ0v) is 15.7. The molecule has 3 aliphatic heterocycles. The normalized spacial score (nSPS) is 24.6. The second kappa shape index (κ2) is 8.14. The van der Waals surface area contributed by atoms with Crippen LogP contribution in [0.3, 0.4) is 0 Å². The van der Waals surface area contributed by atoms with Crippen molar-refractivity contribution >= 4 is 17.0 Å². The number of hydrogen-bond acceptors (Lipinski definition) is 5. The summed E-state index contributed by atoms with van der Waals surface area (Å²) in [5.41, 5.74) is 1.66. The van der Waals surface area contributed by atoms with Crippen LogP contribution in [0.15, 0.2) is 18.2 Å². The number of carboxylic acids is 1. The Morgan fingerprint density at radius 3 is 2.73 bits per heavy atom. The molecular weight excluding hydrogens is 323 g/mol. The average Bonchev–Trinajstić information content (AvgIpc) is 3.00. The fourth-order valence-corrected chi connectivity index (χ4v) is 4.47. The molecule has 1 aromatic carbocycles. The summed E-state index contributed by atoms with van der Waals surface area (Å²) < 4.78 is 2.05. The predicted molar refractivity (Wildman–Crippen MR) is 94.4 cm³/mol. The van der Waals surface area contributed by atoms with Crippen molar-refractivity contribution in [3.05, 3.63) is 29.6 Å². The van der Waals surface area contributed by atoms with Gasteiger partial charge in [-0.1, -0.05) is 19.1 Å². The van der Waals surface area contributed by atoms with Crippen molar-refractivity contribution in [1.82, 2.24) is 19.8 Å². The number of rotatable bonds is 6. The molecule has 0 radical (unpaired) electrons. The first kappa shape index (κ1) is 19.4. The number of fused-ring (bicyclic) bond motifs is 4. The van der Waals surface area contributed by atoms with E-state index in [0.717, 1.165) is 43.3 Å². The second-order valence-electron chi connectivity index (χ2n) is 7.19. The number of carbonyl (C=O) groups excluding carboxylic acids is 1. The molecule has 1 N–H and O–H groups in total. The standard InChI is InChI=1S/C19H26N4O2.Li/c1-2-17-21-15-5-3-4-14(19(24)25)18(15)23(17)11-8-20-16-12-22-9-6-13(16)7-10-22;/h3-5,13,16,20H,2,6-12H2,1H3,(H,24,25);/q;+1/p-1/t16-;/m1./s1. The fraction of sp³-hybridized carbons (Fsp3) is 0.579. The third-order valence-electron chi connectivity index (χ3n) is 5.78. The van der Waals surface area contributed by atoms with E-state index in [2.05, 4.69) is 26.7 Å². The molecule has 3 saturated heterocycles. The molecule has 26 heavy (non-hydrogen) atoms. The Balaban J connectivity index is 0.00000196. The van der Waals surface area contributed by atoms with E-state index in [0.29, 0.717) is 11.6 Å². The molecule has 0 spiro atoms. The predicted octanol–water partition coefficient (Wildman–Crippen LogP) is -2.35. The maximum absolute atomic E-state index is 11.5. The van der Waals surface area contributed by atoms with E-state index >= 15 is 0 Å². The Bertz CT molecular complexity index is 783. The Kier molecular flexibility index (Phi) is 6.09. The fourth-order valence-electron chi connectivity index (χ4n) is 4.47. The number of piperidine rings is 3. The number of nitrogens with one attached hydrogen (secondary N) is 1. The maximum Gasteiger partial charge on any atom is 1.00 e. The minimum atomic E-state index is -1.14. The zero-order chi connectivity index (χ0) is 17.4. The van der Waals surface area contributed by atoms with E-state index in [9.17, 15) is 9.90 Å². The third kappa shape index (κ3) is 3.56. The van der Waals surface area contributed by atoms with Crippen molar-refractivity contribution in [2.75, 3.05) is 26.2 Å². The van der Waals surface area contributed by atoms with Gasteiger partial charge in [-0.05, 0) is 37.9 Å². The molecular formula is C19H25LiN4O2. The number of aromatic nitrogens is 2. The molecule has 1 aromatic heterocycles. The molecule has 0 aliphatic carbocycles. The topological polar surface area (TPSA) is 73.2 Å². The number of carbonyl (C=O) groups is 1. The zero-order valence-electron chi connectivity index (χ0n) is 15.7. The molecule has 4 heterocycles. The van der Waals surface area contributed by atoms with Gasteiger partial charge in [-0.25, -0.2) is 4.98 Å². The van der Waals surface area contributed by atoms with Crippen LogP contribution in [0.25, 0.3) is 11.0 Å². The van der Waals surface area contributed by atoms with Crippen molar-refractivity contribution in [3.63, 3.8) is 0 Å². The van der Waals surface area contributed by atoms with Crippen LogP contribution in [-0.4, -0.2) is 52.6 Å². The first-order chi connectivity index (χ1) is 12.2. The van der Waals surface area contributed by atoms with E-state index in [1.54, 1.807) is 12.1 Å². The van der Waals surface area contributed by atoms with Gasteiger partial charge in [-0.3, -0.25) is 0 Å². The van der Waals surface area contributed by atoms with Crippen LogP contribution >= 0.6 is 0 Å². The molecule has 0 unspecified atom stereocenters. The van der Waals surface area contributed by atoms with Crippen LogP contribution in [0, 0.1) is 5.92 Å². The summed E-state index contributed by atoms with van der Waals surface area (Å²) in [6, 6.07) is 5.77. The molecule has 1 atom stereocenters. The van der Waals surface area contributed by atoms with Gasteiger partial charge >= 0.3 is 18.9 Å². The summed E-state index contributed by atoms with van der Waals surface area (Å²) >= 11 is 0. The summed E-state index contributed by atoms with van der Waals surface area (Å²) in [5.74, 6) is 0.577. The minimum absolute atomic E-state index is 0. The Morgan fingerprint density at radius 1 is 1.35 bits per heavy atom. The second-order valence-corrected chi connectivity index (χ2v) is 7.19. The molecule has 2 aromatic rings. The number of benzene rings is 1. The maximum atomic E-state index is 11.5. The van der Waals surface area contributed by atoms with Gasteiger partial charge in [-0.15, -0.1) is 0 Å². The monoisotopic (exact) mass is 348 g/mol. The van der Waals surface area contributed by atoms with Gasteiger partial charge in [0.25, 0.3) is 0 Å². The van der Waals surface area contributed by atoms with Crippen molar-refractivity contribution in [1.29, 1.82) is 0 Å². The van der Waals surface area contributed by atoms with Crippen molar-refractivity contribution < 1.29 is 28.8 Å². The van der Waals surface area contributed by atoms with Gasteiger partial charge in [0.05, 0.1) is 17.0 Å². The molecule has 3 fully saturated rings. The van der Waals surface area contributed by atoms with Gasteiger partial charge < -0.3 is 24.7 Å². The van der Waals surface area contributed by atoms with Crippen molar-refractivity contribution in [2.45, 2.75) is 38.8 Å². The molecule has 5 rings (SSSR count). The summed E-state index contributed by atoms with van der Waals surface area (Å²) in [7, 11) is 0. The first-order valence-corrected chi connectivity index (χ1v) is 9.32. The number of hydrogen-bond donors (Lipinski definition) is 1. The Hall–Kier alpha value is -1.32. The van der Waals surface area contributed by atoms with Gasteiger partial charge in [0.15, 0.2) is 0 Å². The van der Waals surface area contributed by atoms with Gasteiger partial charge in [0.2, 0.25) is 0 Å². The SMILES string of the molecule is CCc1nc2cccc(C(=O)[O-])c2n1CCN[C@@H]1CN2CCC1CC2.[Li+]. The van der Waals surface area contributed by atoms with Crippen LogP contribution in [0.5, 0.6) is 0 Å². The molecule has 7 heteroatoms. The molecule has 3 aliphatic rings. The minimum Gasteiger partial charge on any atom is -0.545 e. The smallest absolute Gasteiger partial charge is 0.545 e. The summed E-state index contributed by atoms with van der Waals surface area (Å²) in [5, 5.41) is 15.2. The van der Waals surface area contributed by atoms with Gasteiger partial charge in [-0.2, -0.15) is 0 Å². The summed E-state index contributed by atoms with van der Waals surface area (Å²) in [6.45, 7) is 7.23. The number of aromatic carboxylic acids is 1. The molecule has 134 valence electrons. The van der Waals surface area contributed by atoms with Crippen LogP contribution < -0.4 is 29.3 Å². The van der Waals surface area contributed by atoms with Crippen LogP contribution in [0.1, 0.15) is 35.9 Å². The molecule has 6 nitrogen and oxygen atoms in total. The molecule has 2 bridgehead atoms. The average molecular weight is 348 g/mol. The van der Waals surface area contributed by atoms with Crippen LogP contribution in [0.2, 0.25) is 0 Å².